The predicted molar refractivity (Wildman–Crippen MR) is 86.5 cm³/mol. The highest BCUT2D eigenvalue weighted by atomic mass is 16.5. The van der Waals surface area contributed by atoms with Crippen LogP contribution in [0.3, 0.4) is 0 Å². The van der Waals surface area contributed by atoms with Crippen LogP contribution < -0.4 is 0 Å². The van der Waals surface area contributed by atoms with Crippen molar-refractivity contribution in [2.75, 3.05) is 0 Å². The van der Waals surface area contributed by atoms with Gasteiger partial charge in [-0.3, -0.25) is 0 Å². The highest BCUT2D eigenvalue weighted by Crippen LogP contribution is 2.22. The SMILES string of the molecule is CC(C)(C)n1cnc(-c2nc(-c3nccnc3-n3cccn3)no2)n1. The molecule has 10 heteroatoms. The summed E-state index contributed by atoms with van der Waals surface area (Å²) in [4.78, 5) is 17.2. The Hall–Kier alpha value is -3.43. The molecule has 0 unspecified atom stereocenters. The Bertz CT molecular complexity index is 994. The van der Waals surface area contributed by atoms with E-state index in [0.29, 0.717) is 23.2 Å². The average Bonchev–Trinajstić information content (AvgIpc) is 3.33. The van der Waals surface area contributed by atoms with Gasteiger partial charge in [0.1, 0.15) is 6.33 Å². The van der Waals surface area contributed by atoms with Crippen LogP contribution in [-0.2, 0) is 5.54 Å². The van der Waals surface area contributed by atoms with Gasteiger partial charge in [-0.2, -0.15) is 10.1 Å². The van der Waals surface area contributed by atoms with Crippen molar-refractivity contribution in [3.8, 4) is 29.1 Å². The average molecular weight is 337 g/mol. The van der Waals surface area contributed by atoms with Gasteiger partial charge in [-0.15, -0.1) is 5.10 Å². The van der Waals surface area contributed by atoms with Crippen LogP contribution in [0.15, 0.2) is 41.7 Å². The number of rotatable bonds is 3. The molecule has 4 heterocycles. The molecule has 0 spiro atoms. The van der Waals surface area contributed by atoms with Crippen LogP contribution >= 0.6 is 0 Å². The van der Waals surface area contributed by atoms with Crippen LogP contribution in [-0.4, -0.2) is 44.7 Å². The third kappa shape index (κ3) is 2.77. The Labute approximate surface area is 142 Å². The first-order valence-electron chi connectivity index (χ1n) is 7.60. The molecule has 0 aliphatic carbocycles. The molecular weight excluding hydrogens is 322 g/mol. The Balaban J connectivity index is 1.72. The number of hydrogen-bond acceptors (Lipinski definition) is 8. The largest absolute Gasteiger partial charge is 0.330 e. The van der Waals surface area contributed by atoms with E-state index >= 15 is 0 Å². The normalized spacial score (nSPS) is 11.8. The maximum Gasteiger partial charge on any atom is 0.297 e. The van der Waals surface area contributed by atoms with Crippen LogP contribution in [0.5, 0.6) is 0 Å². The molecule has 25 heavy (non-hydrogen) atoms. The molecule has 0 fully saturated rings. The lowest BCUT2D eigenvalue weighted by Gasteiger charge is -2.17. The number of hydrogen-bond donors (Lipinski definition) is 0. The van der Waals surface area contributed by atoms with E-state index in [-0.39, 0.29) is 11.4 Å². The molecule has 0 N–H and O–H groups in total. The lowest BCUT2D eigenvalue weighted by atomic mass is 10.1. The molecular formula is C15H15N9O. The molecule has 126 valence electrons. The number of nitrogens with zero attached hydrogens (tertiary/aromatic N) is 9. The highest BCUT2D eigenvalue weighted by Gasteiger charge is 2.21. The molecule has 0 aliphatic heterocycles. The first kappa shape index (κ1) is 15.1. The fourth-order valence-corrected chi connectivity index (χ4v) is 2.14. The van der Waals surface area contributed by atoms with E-state index in [0.717, 1.165) is 0 Å². The van der Waals surface area contributed by atoms with Crippen LogP contribution in [0, 0.1) is 0 Å². The van der Waals surface area contributed by atoms with Gasteiger partial charge in [0.25, 0.3) is 5.89 Å². The van der Waals surface area contributed by atoms with Crippen molar-refractivity contribution in [1.82, 2.24) is 44.7 Å². The fourth-order valence-electron chi connectivity index (χ4n) is 2.14. The van der Waals surface area contributed by atoms with Gasteiger partial charge in [-0.1, -0.05) is 5.16 Å². The first-order chi connectivity index (χ1) is 12.0. The highest BCUT2D eigenvalue weighted by molar-refractivity contribution is 5.60. The third-order valence-corrected chi connectivity index (χ3v) is 3.41. The lowest BCUT2D eigenvalue weighted by molar-refractivity contribution is 0.353. The second-order valence-electron chi connectivity index (χ2n) is 6.29. The summed E-state index contributed by atoms with van der Waals surface area (Å²) in [7, 11) is 0. The van der Waals surface area contributed by atoms with Gasteiger partial charge in [0, 0.05) is 24.8 Å². The monoisotopic (exact) mass is 337 g/mol. The lowest BCUT2D eigenvalue weighted by Crippen LogP contribution is -2.22. The minimum Gasteiger partial charge on any atom is -0.330 e. The molecule has 0 bridgehead atoms. The summed E-state index contributed by atoms with van der Waals surface area (Å²) in [5, 5.41) is 12.5. The smallest absolute Gasteiger partial charge is 0.297 e. The second kappa shape index (κ2) is 5.58. The summed E-state index contributed by atoms with van der Waals surface area (Å²) in [6.45, 7) is 6.09. The summed E-state index contributed by atoms with van der Waals surface area (Å²) in [5.41, 5.74) is 0.267. The van der Waals surface area contributed by atoms with Gasteiger partial charge in [-0.05, 0) is 26.8 Å². The van der Waals surface area contributed by atoms with Gasteiger partial charge in [0.15, 0.2) is 11.5 Å². The van der Waals surface area contributed by atoms with Crippen molar-refractivity contribution in [2.24, 2.45) is 0 Å². The molecule has 4 rings (SSSR count). The van der Waals surface area contributed by atoms with E-state index in [1.54, 1.807) is 46.5 Å². The van der Waals surface area contributed by atoms with Crippen molar-refractivity contribution in [3.05, 3.63) is 37.2 Å². The van der Waals surface area contributed by atoms with Gasteiger partial charge in [0.05, 0.1) is 5.54 Å². The molecule has 0 saturated heterocycles. The Kier molecular flexibility index (Phi) is 3.38. The minimum absolute atomic E-state index is 0.188. The molecule has 0 atom stereocenters. The van der Waals surface area contributed by atoms with Crippen LogP contribution in [0.4, 0.5) is 0 Å². The molecule has 0 amide bonds. The van der Waals surface area contributed by atoms with Gasteiger partial charge in [0.2, 0.25) is 11.6 Å². The summed E-state index contributed by atoms with van der Waals surface area (Å²) in [6, 6.07) is 1.79. The Morgan fingerprint density at radius 3 is 2.56 bits per heavy atom. The fraction of sp³-hybridized carbons (Fsp3) is 0.267. The molecule has 4 aromatic heterocycles. The molecule has 4 aromatic rings. The quantitative estimate of drug-likeness (QED) is 0.555. The van der Waals surface area contributed by atoms with Gasteiger partial charge >= 0.3 is 0 Å². The van der Waals surface area contributed by atoms with Crippen LogP contribution in [0.2, 0.25) is 0 Å². The zero-order valence-corrected chi connectivity index (χ0v) is 13.9. The van der Waals surface area contributed by atoms with E-state index in [1.807, 2.05) is 20.8 Å². The van der Waals surface area contributed by atoms with E-state index in [4.69, 9.17) is 4.52 Å². The first-order valence-corrected chi connectivity index (χ1v) is 7.60. The van der Waals surface area contributed by atoms with Crippen molar-refractivity contribution < 1.29 is 4.52 Å². The molecule has 10 nitrogen and oxygen atoms in total. The maximum atomic E-state index is 5.31. The molecule has 0 saturated carbocycles. The maximum absolute atomic E-state index is 5.31. The van der Waals surface area contributed by atoms with Crippen molar-refractivity contribution in [2.45, 2.75) is 26.3 Å². The standard InChI is InChI=1S/C15H15N9O/c1-15(2,3)24-9-18-12(21-24)14-20-11(22-25-14)10-13(17-7-6-16-10)23-8-4-5-19-23/h4-9H,1-3H3. The van der Waals surface area contributed by atoms with Gasteiger partial charge in [-0.25, -0.2) is 24.3 Å². The molecule has 0 radical (unpaired) electrons. The van der Waals surface area contributed by atoms with Crippen LogP contribution in [0.25, 0.3) is 29.1 Å². The molecule has 0 aliphatic rings. The minimum atomic E-state index is -0.188. The van der Waals surface area contributed by atoms with E-state index in [1.165, 1.54) is 0 Å². The topological polar surface area (TPSA) is 113 Å². The van der Waals surface area contributed by atoms with Crippen molar-refractivity contribution in [1.29, 1.82) is 0 Å². The zero-order valence-electron chi connectivity index (χ0n) is 13.9. The van der Waals surface area contributed by atoms with Crippen molar-refractivity contribution >= 4 is 0 Å². The van der Waals surface area contributed by atoms with E-state index < -0.39 is 0 Å². The van der Waals surface area contributed by atoms with Crippen LogP contribution in [0.1, 0.15) is 20.8 Å². The summed E-state index contributed by atoms with van der Waals surface area (Å²) >= 11 is 0. The van der Waals surface area contributed by atoms with Crippen molar-refractivity contribution in [3.63, 3.8) is 0 Å². The summed E-state index contributed by atoms with van der Waals surface area (Å²) in [5.74, 6) is 1.38. The third-order valence-electron chi connectivity index (χ3n) is 3.41. The summed E-state index contributed by atoms with van der Waals surface area (Å²) < 4.78 is 8.63. The Morgan fingerprint density at radius 1 is 1.00 bits per heavy atom. The van der Waals surface area contributed by atoms with E-state index in [2.05, 4.69) is 35.3 Å². The zero-order chi connectivity index (χ0) is 17.4. The Morgan fingerprint density at radius 2 is 1.84 bits per heavy atom. The predicted octanol–water partition coefficient (Wildman–Crippen LogP) is 1.73. The van der Waals surface area contributed by atoms with E-state index in [9.17, 15) is 0 Å². The van der Waals surface area contributed by atoms with Gasteiger partial charge < -0.3 is 4.52 Å². The second-order valence-corrected chi connectivity index (χ2v) is 6.29. The molecule has 0 aromatic carbocycles. The number of aromatic nitrogens is 9. The summed E-state index contributed by atoms with van der Waals surface area (Å²) in [6.07, 6.45) is 8.19.